The lowest BCUT2D eigenvalue weighted by Gasteiger charge is -2.07. The third-order valence-electron chi connectivity index (χ3n) is 1.90. The van der Waals surface area contributed by atoms with Crippen molar-refractivity contribution >= 4 is 21.6 Å². The third kappa shape index (κ3) is 4.11. The lowest BCUT2D eigenvalue weighted by atomic mass is 10.2. The molecule has 3 heteroatoms. The van der Waals surface area contributed by atoms with Gasteiger partial charge in [0.2, 0.25) is 0 Å². The fourth-order valence-electron chi connectivity index (χ4n) is 1.29. The van der Waals surface area contributed by atoms with Gasteiger partial charge < -0.3 is 10.1 Å². The SMILES string of the molecule is COCCCNc1cc(C)cc(Br)c1. The molecular weight excluding hydrogens is 242 g/mol. The monoisotopic (exact) mass is 257 g/mol. The molecule has 1 N–H and O–H groups in total. The lowest BCUT2D eigenvalue weighted by molar-refractivity contribution is 0.198. The number of benzene rings is 1. The third-order valence-corrected chi connectivity index (χ3v) is 2.35. The van der Waals surface area contributed by atoms with Gasteiger partial charge in [-0.15, -0.1) is 0 Å². The Balaban J connectivity index is 2.42. The first-order chi connectivity index (χ1) is 6.72. The molecule has 0 aromatic heterocycles. The summed E-state index contributed by atoms with van der Waals surface area (Å²) in [7, 11) is 1.73. The molecular formula is C11H16BrNO. The summed E-state index contributed by atoms with van der Waals surface area (Å²) in [5.41, 5.74) is 2.42. The van der Waals surface area contributed by atoms with Crippen LogP contribution in [-0.2, 0) is 4.74 Å². The van der Waals surface area contributed by atoms with E-state index in [0.29, 0.717) is 0 Å². The molecule has 0 spiro atoms. The van der Waals surface area contributed by atoms with Crippen molar-refractivity contribution in [3.63, 3.8) is 0 Å². The molecule has 0 fully saturated rings. The van der Waals surface area contributed by atoms with Gasteiger partial charge in [0.1, 0.15) is 0 Å². The van der Waals surface area contributed by atoms with Crippen molar-refractivity contribution in [3.05, 3.63) is 28.2 Å². The zero-order valence-corrected chi connectivity index (χ0v) is 10.2. The average Bonchev–Trinajstić information content (AvgIpc) is 2.11. The molecule has 0 atom stereocenters. The fraction of sp³-hybridized carbons (Fsp3) is 0.455. The highest BCUT2D eigenvalue weighted by Crippen LogP contribution is 2.18. The Morgan fingerprint density at radius 3 is 2.79 bits per heavy atom. The van der Waals surface area contributed by atoms with Crippen molar-refractivity contribution < 1.29 is 4.74 Å². The molecule has 0 aliphatic rings. The predicted molar refractivity (Wildman–Crippen MR) is 63.9 cm³/mol. The van der Waals surface area contributed by atoms with E-state index in [1.165, 1.54) is 5.56 Å². The van der Waals surface area contributed by atoms with Crippen molar-refractivity contribution in [2.45, 2.75) is 13.3 Å². The van der Waals surface area contributed by atoms with Gasteiger partial charge in [-0.3, -0.25) is 0 Å². The van der Waals surface area contributed by atoms with E-state index < -0.39 is 0 Å². The van der Waals surface area contributed by atoms with Crippen molar-refractivity contribution in [1.82, 2.24) is 0 Å². The summed E-state index contributed by atoms with van der Waals surface area (Å²) in [6, 6.07) is 6.32. The molecule has 1 aromatic carbocycles. The molecule has 0 saturated carbocycles. The number of hydrogen-bond acceptors (Lipinski definition) is 2. The van der Waals surface area contributed by atoms with Crippen LogP contribution in [0.5, 0.6) is 0 Å². The zero-order chi connectivity index (χ0) is 10.4. The Morgan fingerprint density at radius 2 is 2.14 bits per heavy atom. The van der Waals surface area contributed by atoms with E-state index in [0.717, 1.165) is 29.7 Å². The minimum atomic E-state index is 0.806. The number of hydrogen-bond donors (Lipinski definition) is 1. The summed E-state index contributed by atoms with van der Waals surface area (Å²) in [6.45, 7) is 3.84. The molecule has 0 aliphatic carbocycles. The van der Waals surface area contributed by atoms with E-state index in [1.807, 2.05) is 0 Å². The van der Waals surface area contributed by atoms with E-state index in [-0.39, 0.29) is 0 Å². The highest BCUT2D eigenvalue weighted by atomic mass is 79.9. The standard InChI is InChI=1S/C11H16BrNO/c1-9-6-10(12)8-11(7-9)13-4-3-5-14-2/h6-8,13H,3-5H2,1-2H3. The Kier molecular flexibility index (Phi) is 4.98. The largest absolute Gasteiger partial charge is 0.385 e. The second kappa shape index (κ2) is 6.04. The van der Waals surface area contributed by atoms with Crippen LogP contribution in [0.15, 0.2) is 22.7 Å². The van der Waals surface area contributed by atoms with E-state index in [4.69, 9.17) is 4.74 Å². The molecule has 1 aromatic rings. The van der Waals surface area contributed by atoms with Gasteiger partial charge in [-0.2, -0.15) is 0 Å². The van der Waals surface area contributed by atoms with Crippen LogP contribution in [-0.4, -0.2) is 20.3 Å². The molecule has 0 radical (unpaired) electrons. The van der Waals surface area contributed by atoms with E-state index >= 15 is 0 Å². The highest BCUT2D eigenvalue weighted by molar-refractivity contribution is 9.10. The minimum Gasteiger partial charge on any atom is -0.385 e. The van der Waals surface area contributed by atoms with Crippen molar-refractivity contribution in [2.75, 3.05) is 25.6 Å². The molecule has 2 nitrogen and oxygen atoms in total. The molecule has 0 amide bonds. The number of methoxy groups -OCH3 is 1. The maximum Gasteiger partial charge on any atom is 0.0479 e. The van der Waals surface area contributed by atoms with Crippen LogP contribution in [0.4, 0.5) is 5.69 Å². The van der Waals surface area contributed by atoms with Crippen molar-refractivity contribution in [2.24, 2.45) is 0 Å². The van der Waals surface area contributed by atoms with E-state index in [2.05, 4.69) is 46.4 Å². The summed E-state index contributed by atoms with van der Waals surface area (Å²) in [6.07, 6.45) is 1.03. The predicted octanol–water partition coefficient (Wildman–Crippen LogP) is 3.21. The van der Waals surface area contributed by atoms with E-state index in [9.17, 15) is 0 Å². The first kappa shape index (κ1) is 11.5. The summed E-state index contributed by atoms with van der Waals surface area (Å²) in [5.74, 6) is 0. The molecule has 0 unspecified atom stereocenters. The summed E-state index contributed by atoms with van der Waals surface area (Å²) in [5, 5.41) is 3.35. The van der Waals surface area contributed by atoms with Crippen LogP contribution >= 0.6 is 15.9 Å². The summed E-state index contributed by atoms with van der Waals surface area (Å²) >= 11 is 3.47. The Labute approximate surface area is 93.8 Å². The van der Waals surface area contributed by atoms with Gasteiger partial charge in [0.05, 0.1) is 0 Å². The Bertz CT molecular complexity index is 268. The number of rotatable bonds is 5. The topological polar surface area (TPSA) is 21.3 Å². The number of anilines is 1. The van der Waals surface area contributed by atoms with Gasteiger partial charge in [-0.25, -0.2) is 0 Å². The van der Waals surface area contributed by atoms with Gasteiger partial charge in [0, 0.05) is 30.4 Å². The van der Waals surface area contributed by atoms with Crippen LogP contribution in [0.2, 0.25) is 0 Å². The second-order valence-electron chi connectivity index (χ2n) is 3.29. The van der Waals surface area contributed by atoms with Gasteiger partial charge in [-0.1, -0.05) is 15.9 Å². The van der Waals surface area contributed by atoms with E-state index in [1.54, 1.807) is 7.11 Å². The van der Waals surface area contributed by atoms with Gasteiger partial charge >= 0.3 is 0 Å². The van der Waals surface area contributed by atoms with Gasteiger partial charge in [0.15, 0.2) is 0 Å². The molecule has 1 rings (SSSR count). The van der Waals surface area contributed by atoms with Gasteiger partial charge in [0.25, 0.3) is 0 Å². The quantitative estimate of drug-likeness (QED) is 0.819. The number of ether oxygens (including phenoxy) is 1. The normalized spacial score (nSPS) is 10.2. The Hall–Kier alpha value is -0.540. The zero-order valence-electron chi connectivity index (χ0n) is 8.64. The molecule has 0 aliphatic heterocycles. The maximum atomic E-state index is 4.98. The molecule has 0 saturated heterocycles. The number of halogens is 1. The Morgan fingerprint density at radius 1 is 1.36 bits per heavy atom. The van der Waals surface area contributed by atoms with Crippen LogP contribution in [0.1, 0.15) is 12.0 Å². The number of nitrogens with one attached hydrogen (secondary N) is 1. The number of aryl methyl sites for hydroxylation is 1. The molecule has 0 heterocycles. The molecule has 14 heavy (non-hydrogen) atoms. The molecule has 0 bridgehead atoms. The van der Waals surface area contributed by atoms with Crippen molar-refractivity contribution in [1.29, 1.82) is 0 Å². The average molecular weight is 258 g/mol. The van der Waals surface area contributed by atoms with Crippen LogP contribution in [0.25, 0.3) is 0 Å². The van der Waals surface area contributed by atoms with Crippen LogP contribution < -0.4 is 5.32 Å². The highest BCUT2D eigenvalue weighted by Gasteiger charge is 1.95. The second-order valence-corrected chi connectivity index (χ2v) is 4.21. The van der Waals surface area contributed by atoms with Crippen LogP contribution in [0, 0.1) is 6.92 Å². The van der Waals surface area contributed by atoms with Crippen LogP contribution in [0.3, 0.4) is 0 Å². The lowest BCUT2D eigenvalue weighted by Crippen LogP contribution is -2.04. The summed E-state index contributed by atoms with van der Waals surface area (Å²) in [4.78, 5) is 0. The van der Waals surface area contributed by atoms with Gasteiger partial charge in [-0.05, 0) is 37.1 Å². The maximum absolute atomic E-state index is 4.98. The first-order valence-electron chi connectivity index (χ1n) is 4.72. The van der Waals surface area contributed by atoms with Crippen molar-refractivity contribution in [3.8, 4) is 0 Å². The smallest absolute Gasteiger partial charge is 0.0479 e. The first-order valence-corrected chi connectivity index (χ1v) is 5.51. The molecule has 78 valence electrons. The summed E-state index contributed by atoms with van der Waals surface area (Å²) < 4.78 is 6.10. The fourth-order valence-corrected chi connectivity index (χ4v) is 1.90. The minimum absolute atomic E-state index is 0.806.